The minimum absolute atomic E-state index is 0.0130. The van der Waals surface area contributed by atoms with Gasteiger partial charge in [0.15, 0.2) is 9.84 Å². The van der Waals surface area contributed by atoms with Crippen molar-refractivity contribution >= 4 is 9.84 Å². The Labute approximate surface area is 114 Å². The first kappa shape index (κ1) is 15.8. The molecule has 6 heteroatoms. The number of sulfone groups is 1. The van der Waals surface area contributed by atoms with Crippen LogP contribution < -0.4 is 15.2 Å². The molecule has 19 heavy (non-hydrogen) atoms. The molecule has 0 amide bonds. The number of hydrogen-bond acceptors (Lipinski definition) is 5. The van der Waals surface area contributed by atoms with Crippen LogP contribution in [0.5, 0.6) is 11.5 Å². The highest BCUT2D eigenvalue weighted by Crippen LogP contribution is 2.33. The topological polar surface area (TPSA) is 78.6 Å². The molecule has 0 bridgehead atoms. The van der Waals surface area contributed by atoms with Crippen LogP contribution in [0, 0.1) is 0 Å². The Morgan fingerprint density at radius 1 is 1.21 bits per heavy atom. The Morgan fingerprint density at radius 2 is 1.79 bits per heavy atom. The second kappa shape index (κ2) is 6.25. The van der Waals surface area contributed by atoms with Crippen LogP contribution in [0.2, 0.25) is 0 Å². The zero-order chi connectivity index (χ0) is 14.6. The monoisotopic (exact) mass is 287 g/mol. The average molecular weight is 287 g/mol. The fourth-order valence-corrected chi connectivity index (χ4v) is 2.88. The third-order valence-corrected chi connectivity index (χ3v) is 4.57. The van der Waals surface area contributed by atoms with E-state index in [0.717, 1.165) is 5.56 Å². The largest absolute Gasteiger partial charge is 0.496 e. The van der Waals surface area contributed by atoms with Crippen molar-refractivity contribution in [3.8, 4) is 11.5 Å². The molecule has 0 saturated heterocycles. The van der Waals surface area contributed by atoms with Gasteiger partial charge < -0.3 is 15.2 Å². The third-order valence-electron chi connectivity index (χ3n) is 2.82. The molecule has 1 atom stereocenters. The smallest absolute Gasteiger partial charge is 0.181 e. The normalized spacial score (nSPS) is 13.1. The van der Waals surface area contributed by atoms with Crippen LogP contribution in [0.25, 0.3) is 0 Å². The lowest BCUT2D eigenvalue weighted by Crippen LogP contribution is -2.18. The molecule has 0 unspecified atom stereocenters. The van der Waals surface area contributed by atoms with Gasteiger partial charge in [-0.05, 0) is 25.0 Å². The maximum Gasteiger partial charge on any atom is 0.181 e. The molecule has 1 rings (SSSR count). The summed E-state index contributed by atoms with van der Waals surface area (Å²) in [5, 5.41) is 0. The van der Waals surface area contributed by atoms with Gasteiger partial charge in [0.25, 0.3) is 0 Å². The summed E-state index contributed by atoms with van der Waals surface area (Å²) in [6.07, 6.45) is 0.589. The fourth-order valence-electron chi connectivity index (χ4n) is 1.84. The molecule has 0 radical (unpaired) electrons. The molecular weight excluding hydrogens is 266 g/mol. The van der Waals surface area contributed by atoms with Crippen LogP contribution in [0.4, 0.5) is 0 Å². The van der Waals surface area contributed by atoms with Crippen molar-refractivity contribution in [2.24, 2.45) is 5.73 Å². The Hall–Kier alpha value is -1.27. The molecule has 1 aromatic rings. The first-order valence-electron chi connectivity index (χ1n) is 6.09. The van der Waals surface area contributed by atoms with Crippen LogP contribution in [0.15, 0.2) is 17.0 Å². The number of nitrogens with two attached hydrogens (primary N) is 1. The number of benzene rings is 1. The van der Waals surface area contributed by atoms with E-state index in [1.54, 1.807) is 13.0 Å². The van der Waals surface area contributed by atoms with E-state index in [0.29, 0.717) is 17.9 Å². The summed E-state index contributed by atoms with van der Waals surface area (Å²) < 4.78 is 34.5. The molecule has 0 aliphatic heterocycles. The second-order valence-electron chi connectivity index (χ2n) is 4.40. The predicted octanol–water partition coefficient (Wildman–Crippen LogP) is 1.39. The van der Waals surface area contributed by atoms with E-state index in [9.17, 15) is 8.42 Å². The third kappa shape index (κ3) is 3.61. The number of hydrogen-bond donors (Lipinski definition) is 1. The Bertz CT molecular complexity index is 538. The lowest BCUT2D eigenvalue weighted by molar-refractivity contribution is 0.388. The molecule has 1 aromatic carbocycles. The van der Waals surface area contributed by atoms with Crippen molar-refractivity contribution in [2.45, 2.75) is 31.2 Å². The SMILES string of the molecule is CCS(=O)(=O)c1cc(OC)c(C[C@H](C)N)cc1OC. The van der Waals surface area contributed by atoms with Crippen molar-refractivity contribution in [1.29, 1.82) is 0 Å². The average Bonchev–Trinajstić information content (AvgIpc) is 2.37. The predicted molar refractivity (Wildman–Crippen MR) is 74.6 cm³/mol. The van der Waals surface area contributed by atoms with Gasteiger partial charge in [0, 0.05) is 12.1 Å². The van der Waals surface area contributed by atoms with Crippen molar-refractivity contribution in [3.63, 3.8) is 0 Å². The molecule has 0 fully saturated rings. The Kier molecular flexibility index (Phi) is 5.20. The van der Waals surface area contributed by atoms with Gasteiger partial charge in [-0.3, -0.25) is 0 Å². The summed E-state index contributed by atoms with van der Waals surface area (Å²) in [4.78, 5) is 0.155. The van der Waals surface area contributed by atoms with Gasteiger partial charge in [0.1, 0.15) is 16.4 Å². The molecule has 0 aromatic heterocycles. The second-order valence-corrected chi connectivity index (χ2v) is 6.65. The van der Waals surface area contributed by atoms with Crippen LogP contribution in [0.3, 0.4) is 0 Å². The molecule has 0 aliphatic rings. The highest BCUT2D eigenvalue weighted by molar-refractivity contribution is 7.91. The van der Waals surface area contributed by atoms with Crippen molar-refractivity contribution in [2.75, 3.05) is 20.0 Å². The van der Waals surface area contributed by atoms with Crippen LogP contribution in [0.1, 0.15) is 19.4 Å². The van der Waals surface area contributed by atoms with Crippen molar-refractivity contribution in [3.05, 3.63) is 17.7 Å². The van der Waals surface area contributed by atoms with Crippen LogP contribution in [-0.2, 0) is 16.3 Å². The van der Waals surface area contributed by atoms with Gasteiger partial charge in [0.05, 0.1) is 20.0 Å². The maximum atomic E-state index is 12.0. The molecule has 2 N–H and O–H groups in total. The highest BCUT2D eigenvalue weighted by Gasteiger charge is 2.21. The van der Waals surface area contributed by atoms with Gasteiger partial charge in [-0.1, -0.05) is 6.92 Å². The van der Waals surface area contributed by atoms with Gasteiger partial charge in [-0.15, -0.1) is 0 Å². The molecular formula is C13H21NO4S. The van der Waals surface area contributed by atoms with E-state index in [2.05, 4.69) is 0 Å². The number of methoxy groups -OCH3 is 2. The molecule has 108 valence electrons. The van der Waals surface area contributed by atoms with Gasteiger partial charge in [-0.2, -0.15) is 0 Å². The zero-order valence-corrected chi connectivity index (χ0v) is 12.6. The van der Waals surface area contributed by atoms with E-state index in [1.165, 1.54) is 20.3 Å². The molecule has 5 nitrogen and oxygen atoms in total. The van der Waals surface area contributed by atoms with Crippen molar-refractivity contribution < 1.29 is 17.9 Å². The molecule has 0 heterocycles. The van der Waals surface area contributed by atoms with Crippen molar-refractivity contribution in [1.82, 2.24) is 0 Å². The number of rotatable bonds is 6. The van der Waals surface area contributed by atoms with E-state index in [4.69, 9.17) is 15.2 Å². The van der Waals surface area contributed by atoms with E-state index < -0.39 is 9.84 Å². The number of ether oxygens (including phenoxy) is 2. The summed E-state index contributed by atoms with van der Waals surface area (Å²) in [5.41, 5.74) is 6.61. The maximum absolute atomic E-state index is 12.0. The summed E-state index contributed by atoms with van der Waals surface area (Å²) in [7, 11) is -0.396. The van der Waals surface area contributed by atoms with E-state index >= 15 is 0 Å². The van der Waals surface area contributed by atoms with E-state index in [1.807, 2.05) is 6.92 Å². The first-order chi connectivity index (χ1) is 8.85. The zero-order valence-electron chi connectivity index (χ0n) is 11.8. The molecule has 0 spiro atoms. The van der Waals surface area contributed by atoms with Crippen LogP contribution in [-0.4, -0.2) is 34.4 Å². The highest BCUT2D eigenvalue weighted by atomic mass is 32.2. The van der Waals surface area contributed by atoms with Gasteiger partial charge >= 0.3 is 0 Å². The standard InChI is InChI=1S/C13H21NO4S/c1-5-19(15,16)13-8-11(17-3)10(6-9(2)14)7-12(13)18-4/h7-9H,5-6,14H2,1-4H3/t9-/m0/s1. The van der Waals surface area contributed by atoms with E-state index in [-0.39, 0.29) is 16.7 Å². The van der Waals surface area contributed by atoms with Crippen LogP contribution >= 0.6 is 0 Å². The lowest BCUT2D eigenvalue weighted by Gasteiger charge is -2.15. The Morgan fingerprint density at radius 3 is 2.21 bits per heavy atom. The molecule has 0 aliphatic carbocycles. The van der Waals surface area contributed by atoms with Gasteiger partial charge in [-0.25, -0.2) is 8.42 Å². The minimum Gasteiger partial charge on any atom is -0.496 e. The summed E-state index contributed by atoms with van der Waals surface area (Å²) >= 11 is 0. The summed E-state index contributed by atoms with van der Waals surface area (Å²) in [6, 6.07) is 3.15. The summed E-state index contributed by atoms with van der Waals surface area (Å²) in [6.45, 7) is 3.47. The first-order valence-corrected chi connectivity index (χ1v) is 7.74. The fraction of sp³-hybridized carbons (Fsp3) is 0.538. The lowest BCUT2D eigenvalue weighted by atomic mass is 10.1. The Balaban J connectivity index is 3.44. The summed E-state index contributed by atoms with van der Waals surface area (Å²) in [5.74, 6) is 0.863. The quantitative estimate of drug-likeness (QED) is 0.855. The minimum atomic E-state index is -3.36. The molecule has 0 saturated carbocycles. The van der Waals surface area contributed by atoms with Gasteiger partial charge in [0.2, 0.25) is 0 Å².